The Balaban J connectivity index is 1.53. The first-order valence-corrected chi connectivity index (χ1v) is 8.49. The summed E-state index contributed by atoms with van der Waals surface area (Å²) in [5.74, 6) is 1.53. The Bertz CT molecular complexity index is 817. The molecule has 0 radical (unpaired) electrons. The highest BCUT2D eigenvalue weighted by Crippen LogP contribution is 2.22. The highest BCUT2D eigenvalue weighted by molar-refractivity contribution is 5.95. The van der Waals surface area contributed by atoms with Gasteiger partial charge in [-0.25, -0.2) is 19.3 Å². The van der Waals surface area contributed by atoms with Crippen LogP contribution in [0.25, 0.3) is 0 Å². The van der Waals surface area contributed by atoms with Crippen molar-refractivity contribution in [1.29, 1.82) is 0 Å². The summed E-state index contributed by atoms with van der Waals surface area (Å²) in [6.45, 7) is 6.03. The molecule has 0 atom stereocenters. The smallest absolute Gasteiger partial charge is 0.324 e. The van der Waals surface area contributed by atoms with Crippen LogP contribution in [-0.4, -0.2) is 58.4 Å². The van der Waals surface area contributed by atoms with Crippen molar-refractivity contribution in [3.63, 3.8) is 0 Å². The molecular weight excluding hydrogens is 334 g/mol. The van der Waals surface area contributed by atoms with Crippen molar-refractivity contribution in [2.24, 2.45) is 0 Å². The molecule has 138 valence electrons. The number of amides is 4. The van der Waals surface area contributed by atoms with Crippen molar-refractivity contribution >= 4 is 23.4 Å². The minimum absolute atomic E-state index is 0.0369. The fourth-order valence-corrected chi connectivity index (χ4v) is 2.86. The minimum atomic E-state index is -0.304. The molecule has 1 saturated heterocycles. The molecular formula is C17H23N7O2. The van der Waals surface area contributed by atoms with Crippen LogP contribution < -0.4 is 15.5 Å². The van der Waals surface area contributed by atoms with Gasteiger partial charge in [0.15, 0.2) is 0 Å². The lowest BCUT2D eigenvalue weighted by Crippen LogP contribution is -2.32. The largest absolute Gasteiger partial charge is 0.336 e. The Labute approximate surface area is 152 Å². The zero-order valence-electron chi connectivity index (χ0n) is 15.2. The number of anilines is 2. The summed E-state index contributed by atoms with van der Waals surface area (Å²) in [5.41, 5.74) is 1.40. The summed E-state index contributed by atoms with van der Waals surface area (Å²) >= 11 is 0. The number of carbonyl (C=O) groups is 2. The molecule has 2 N–H and O–H groups in total. The average Bonchev–Trinajstić information content (AvgIpc) is 3.09. The first-order chi connectivity index (χ1) is 12.4. The maximum absolute atomic E-state index is 12.1. The highest BCUT2D eigenvalue weighted by Gasteiger charge is 2.26. The van der Waals surface area contributed by atoms with E-state index in [0.29, 0.717) is 37.7 Å². The van der Waals surface area contributed by atoms with E-state index in [1.807, 2.05) is 26.0 Å². The predicted octanol–water partition coefficient (Wildman–Crippen LogP) is 1.59. The van der Waals surface area contributed by atoms with Crippen molar-refractivity contribution in [2.45, 2.75) is 20.4 Å². The van der Waals surface area contributed by atoms with E-state index in [1.165, 1.54) is 0 Å². The molecule has 2 aromatic rings. The predicted molar refractivity (Wildman–Crippen MR) is 98.3 cm³/mol. The maximum Gasteiger partial charge on any atom is 0.324 e. The first-order valence-electron chi connectivity index (χ1n) is 8.49. The second-order valence-corrected chi connectivity index (χ2v) is 6.22. The highest BCUT2D eigenvalue weighted by atomic mass is 16.2. The van der Waals surface area contributed by atoms with E-state index in [4.69, 9.17) is 0 Å². The number of likely N-dealkylation sites (N-methyl/N-ethyl adjacent to an activating group) is 1. The summed E-state index contributed by atoms with van der Waals surface area (Å²) in [7, 11) is 1.77. The van der Waals surface area contributed by atoms with Crippen LogP contribution in [0.15, 0.2) is 24.3 Å². The van der Waals surface area contributed by atoms with Gasteiger partial charge in [0.25, 0.3) is 0 Å². The molecule has 9 heteroatoms. The van der Waals surface area contributed by atoms with Gasteiger partial charge in [-0.05, 0) is 32.0 Å². The number of nitrogens with one attached hydrogen (secondary N) is 2. The molecule has 26 heavy (non-hydrogen) atoms. The van der Waals surface area contributed by atoms with Gasteiger partial charge in [0.1, 0.15) is 11.6 Å². The molecule has 0 unspecified atom stereocenters. The Kier molecular flexibility index (Phi) is 5.06. The summed E-state index contributed by atoms with van der Waals surface area (Å²) in [6.07, 6.45) is 0. The molecule has 3 rings (SSSR count). The van der Waals surface area contributed by atoms with Gasteiger partial charge in [0.05, 0.1) is 6.54 Å². The lowest BCUT2D eigenvalue weighted by Gasteiger charge is -2.17. The van der Waals surface area contributed by atoms with Gasteiger partial charge >= 0.3 is 12.1 Å². The van der Waals surface area contributed by atoms with Gasteiger partial charge in [0.2, 0.25) is 0 Å². The van der Waals surface area contributed by atoms with E-state index in [2.05, 4.69) is 20.7 Å². The van der Waals surface area contributed by atoms with Gasteiger partial charge in [-0.15, -0.1) is 0 Å². The third kappa shape index (κ3) is 3.93. The molecule has 0 spiro atoms. The molecule has 0 saturated carbocycles. The second-order valence-electron chi connectivity index (χ2n) is 6.22. The van der Waals surface area contributed by atoms with Crippen LogP contribution in [0.5, 0.6) is 0 Å². The van der Waals surface area contributed by atoms with Crippen LogP contribution in [0.4, 0.5) is 21.0 Å². The molecule has 0 bridgehead atoms. The van der Waals surface area contributed by atoms with Crippen LogP contribution in [0, 0.1) is 13.8 Å². The Hall–Kier alpha value is -3.10. The summed E-state index contributed by atoms with van der Waals surface area (Å²) in [6, 6.07) is 6.92. The first kappa shape index (κ1) is 17.7. The molecule has 2 heterocycles. The monoisotopic (exact) mass is 357 g/mol. The number of aryl methyl sites for hydroxylation is 2. The zero-order valence-corrected chi connectivity index (χ0v) is 15.2. The van der Waals surface area contributed by atoms with Gasteiger partial charge in [0, 0.05) is 38.1 Å². The van der Waals surface area contributed by atoms with Crippen molar-refractivity contribution in [3.8, 4) is 0 Å². The van der Waals surface area contributed by atoms with E-state index in [0.717, 1.165) is 11.5 Å². The Morgan fingerprint density at radius 1 is 1.27 bits per heavy atom. The number of urea groups is 2. The van der Waals surface area contributed by atoms with Gasteiger partial charge < -0.3 is 15.5 Å². The number of nitrogens with zero attached hydrogens (tertiary/aromatic N) is 5. The van der Waals surface area contributed by atoms with Crippen molar-refractivity contribution in [3.05, 3.63) is 35.9 Å². The van der Waals surface area contributed by atoms with Crippen LogP contribution in [0.2, 0.25) is 0 Å². The minimum Gasteiger partial charge on any atom is -0.336 e. The van der Waals surface area contributed by atoms with Crippen LogP contribution >= 0.6 is 0 Å². The van der Waals surface area contributed by atoms with Crippen LogP contribution in [-0.2, 0) is 6.54 Å². The van der Waals surface area contributed by atoms with Crippen molar-refractivity contribution in [1.82, 2.24) is 25.0 Å². The Morgan fingerprint density at radius 2 is 2.08 bits per heavy atom. The average molecular weight is 357 g/mol. The second kappa shape index (κ2) is 7.42. The molecule has 9 nitrogen and oxygen atoms in total. The number of hydrogen-bond acceptors (Lipinski definition) is 4. The quantitative estimate of drug-likeness (QED) is 0.849. The number of benzene rings is 1. The van der Waals surface area contributed by atoms with E-state index >= 15 is 0 Å². The summed E-state index contributed by atoms with van der Waals surface area (Å²) in [4.78, 5) is 31.8. The van der Waals surface area contributed by atoms with Crippen molar-refractivity contribution in [2.75, 3.05) is 36.9 Å². The van der Waals surface area contributed by atoms with Gasteiger partial charge in [-0.1, -0.05) is 6.07 Å². The fourth-order valence-electron chi connectivity index (χ4n) is 2.86. The number of aromatic nitrogens is 3. The Morgan fingerprint density at radius 3 is 2.73 bits per heavy atom. The van der Waals surface area contributed by atoms with E-state index < -0.39 is 0 Å². The van der Waals surface area contributed by atoms with E-state index in [1.54, 1.807) is 33.7 Å². The van der Waals surface area contributed by atoms with Crippen LogP contribution in [0.1, 0.15) is 11.6 Å². The fraction of sp³-hybridized carbons (Fsp3) is 0.412. The van der Waals surface area contributed by atoms with Crippen molar-refractivity contribution < 1.29 is 9.59 Å². The lowest BCUT2D eigenvalue weighted by atomic mass is 10.2. The molecule has 1 aromatic carbocycles. The van der Waals surface area contributed by atoms with Crippen LogP contribution in [0.3, 0.4) is 0 Å². The molecule has 1 aliphatic heterocycles. The topological polar surface area (TPSA) is 95.4 Å². The maximum atomic E-state index is 12.1. The van der Waals surface area contributed by atoms with E-state index in [-0.39, 0.29) is 12.1 Å². The lowest BCUT2D eigenvalue weighted by molar-refractivity contribution is 0.229. The summed E-state index contributed by atoms with van der Waals surface area (Å²) < 4.78 is 1.76. The molecule has 1 fully saturated rings. The molecule has 1 aliphatic rings. The normalized spacial score (nSPS) is 14.0. The number of rotatable bonds is 5. The van der Waals surface area contributed by atoms with Gasteiger partial charge in [-0.3, -0.25) is 4.90 Å². The third-order valence-electron chi connectivity index (χ3n) is 4.20. The standard InChI is InChI=1S/C17H23N7O2/c1-12-19-13(2)24(21-12)8-7-18-16(25)20-14-5-4-6-15(11-14)23-10-9-22(3)17(23)26/h4-6,11H,7-10H2,1-3H3,(H2,18,20,25). The number of carbonyl (C=O) groups excluding carboxylic acids is 2. The number of hydrogen-bond donors (Lipinski definition) is 2. The van der Waals surface area contributed by atoms with E-state index in [9.17, 15) is 9.59 Å². The zero-order chi connectivity index (χ0) is 18.7. The summed E-state index contributed by atoms with van der Waals surface area (Å²) in [5, 5.41) is 9.84. The SMILES string of the molecule is Cc1nc(C)n(CCNC(=O)Nc2cccc(N3CCN(C)C3=O)c2)n1. The molecule has 1 aromatic heterocycles. The third-order valence-corrected chi connectivity index (χ3v) is 4.20. The molecule has 0 aliphatic carbocycles. The van der Waals surface area contributed by atoms with Gasteiger partial charge in [-0.2, -0.15) is 5.10 Å². The molecule has 4 amide bonds.